The number of ether oxygens (including phenoxy) is 2. The molecular weight excluding hydrogens is 450 g/mol. The summed E-state index contributed by atoms with van der Waals surface area (Å²) >= 11 is 0. The Morgan fingerprint density at radius 1 is 1.17 bits per heavy atom. The first-order chi connectivity index (χ1) is 16.9. The maximum atomic E-state index is 13.6. The zero-order chi connectivity index (χ0) is 24.9. The standard InChI is InChI=1S/C26H29N3O6/c1-17-24(26(33)29(28(17)2)19-9-4-3-5-10-19)18-15-22(35-23(16-18)34-14-8-13-30)25(32)27-20-11-6-7-12-21(20)31/h3-7,9-12,15,18,23,30-31H,8,13-14,16H2,1-2H3,(H,27,32)/t18-,23+/m1/s1. The lowest BCUT2D eigenvalue weighted by atomic mass is 9.93. The lowest BCUT2D eigenvalue weighted by Gasteiger charge is -2.29. The van der Waals surface area contributed by atoms with Crippen molar-refractivity contribution in [2.75, 3.05) is 18.5 Å². The molecule has 0 saturated heterocycles. The van der Waals surface area contributed by atoms with Gasteiger partial charge < -0.3 is 25.0 Å². The molecule has 0 saturated carbocycles. The van der Waals surface area contributed by atoms with Crippen molar-refractivity contribution in [3.05, 3.63) is 88.0 Å². The van der Waals surface area contributed by atoms with Crippen molar-refractivity contribution in [2.24, 2.45) is 7.05 Å². The van der Waals surface area contributed by atoms with Gasteiger partial charge in [0.2, 0.25) is 6.29 Å². The molecule has 3 aromatic rings. The summed E-state index contributed by atoms with van der Waals surface area (Å²) in [5.74, 6) is -1.10. The fraction of sp³-hybridized carbons (Fsp3) is 0.308. The van der Waals surface area contributed by atoms with Gasteiger partial charge in [-0.3, -0.25) is 14.3 Å². The van der Waals surface area contributed by atoms with Crippen LogP contribution in [0.25, 0.3) is 5.69 Å². The lowest BCUT2D eigenvalue weighted by molar-refractivity contribution is -0.144. The van der Waals surface area contributed by atoms with Gasteiger partial charge in [0.25, 0.3) is 11.5 Å². The van der Waals surface area contributed by atoms with Crippen molar-refractivity contribution in [1.29, 1.82) is 0 Å². The van der Waals surface area contributed by atoms with Gasteiger partial charge in [-0.25, -0.2) is 4.68 Å². The van der Waals surface area contributed by atoms with Crippen molar-refractivity contribution < 1.29 is 24.5 Å². The number of aliphatic hydroxyl groups is 1. The molecule has 184 valence electrons. The Balaban J connectivity index is 1.70. The predicted octanol–water partition coefficient (Wildman–Crippen LogP) is 2.94. The highest BCUT2D eigenvalue weighted by atomic mass is 16.7. The van der Waals surface area contributed by atoms with Crippen LogP contribution in [0.5, 0.6) is 5.75 Å². The molecule has 0 radical (unpaired) electrons. The summed E-state index contributed by atoms with van der Waals surface area (Å²) in [5.41, 5.74) is 2.09. The van der Waals surface area contributed by atoms with Gasteiger partial charge in [0.15, 0.2) is 5.76 Å². The number of phenolic OH excluding ortho intramolecular Hbond substituents is 1. The normalized spacial score (nSPS) is 17.5. The minimum absolute atomic E-state index is 0.00702. The number of benzene rings is 2. The zero-order valence-electron chi connectivity index (χ0n) is 19.7. The highest BCUT2D eigenvalue weighted by Gasteiger charge is 2.33. The number of hydrogen-bond donors (Lipinski definition) is 3. The van der Waals surface area contributed by atoms with Crippen LogP contribution in [0.2, 0.25) is 0 Å². The third-order valence-corrected chi connectivity index (χ3v) is 6.01. The van der Waals surface area contributed by atoms with Crippen LogP contribution in [0, 0.1) is 6.92 Å². The van der Waals surface area contributed by atoms with Crippen molar-refractivity contribution in [1.82, 2.24) is 9.36 Å². The summed E-state index contributed by atoms with van der Waals surface area (Å²) < 4.78 is 15.0. The van der Waals surface area contributed by atoms with Crippen LogP contribution in [0.15, 0.2) is 71.2 Å². The molecule has 0 spiro atoms. The highest BCUT2D eigenvalue weighted by molar-refractivity contribution is 6.03. The minimum Gasteiger partial charge on any atom is -0.506 e. The number of anilines is 1. The maximum absolute atomic E-state index is 13.6. The molecule has 2 atom stereocenters. The summed E-state index contributed by atoms with van der Waals surface area (Å²) in [4.78, 5) is 26.6. The minimum atomic E-state index is -0.786. The molecule has 0 fully saturated rings. The van der Waals surface area contributed by atoms with E-state index in [1.54, 1.807) is 33.6 Å². The molecule has 0 bridgehead atoms. The number of para-hydroxylation sites is 3. The first kappa shape index (κ1) is 24.3. The number of nitrogens with zero attached hydrogens (tertiary/aromatic N) is 2. The largest absolute Gasteiger partial charge is 0.506 e. The Morgan fingerprint density at radius 3 is 2.60 bits per heavy atom. The number of carbonyl (C=O) groups is 1. The zero-order valence-corrected chi connectivity index (χ0v) is 19.7. The molecule has 0 unspecified atom stereocenters. The van der Waals surface area contributed by atoms with Crippen LogP contribution in [-0.2, 0) is 21.3 Å². The molecule has 35 heavy (non-hydrogen) atoms. The van der Waals surface area contributed by atoms with Crippen molar-refractivity contribution in [3.63, 3.8) is 0 Å². The summed E-state index contributed by atoms with van der Waals surface area (Å²) in [7, 11) is 1.82. The molecule has 3 N–H and O–H groups in total. The molecule has 1 aliphatic rings. The van der Waals surface area contributed by atoms with E-state index in [1.165, 1.54) is 6.07 Å². The van der Waals surface area contributed by atoms with E-state index in [2.05, 4.69) is 5.32 Å². The molecule has 2 heterocycles. The summed E-state index contributed by atoms with van der Waals surface area (Å²) in [6, 6.07) is 15.7. The Hall–Kier alpha value is -3.82. The number of aromatic hydroxyl groups is 1. The molecule has 1 amide bonds. The fourth-order valence-electron chi connectivity index (χ4n) is 4.18. The number of aromatic nitrogens is 2. The number of hydrogen-bond acceptors (Lipinski definition) is 6. The third-order valence-electron chi connectivity index (χ3n) is 6.01. The van der Waals surface area contributed by atoms with Gasteiger partial charge in [-0.15, -0.1) is 0 Å². The Bertz CT molecular complexity index is 1280. The number of phenols is 1. The maximum Gasteiger partial charge on any atom is 0.290 e. The number of aliphatic hydroxyl groups excluding tert-OH is 1. The highest BCUT2D eigenvalue weighted by Crippen LogP contribution is 2.33. The van der Waals surface area contributed by atoms with Gasteiger partial charge in [-0.05, 0) is 43.7 Å². The predicted molar refractivity (Wildman–Crippen MR) is 130 cm³/mol. The van der Waals surface area contributed by atoms with Crippen LogP contribution in [0.4, 0.5) is 5.69 Å². The van der Waals surface area contributed by atoms with Gasteiger partial charge in [0, 0.05) is 37.3 Å². The second-order valence-corrected chi connectivity index (χ2v) is 8.31. The smallest absolute Gasteiger partial charge is 0.290 e. The first-order valence-corrected chi connectivity index (χ1v) is 11.4. The van der Waals surface area contributed by atoms with Gasteiger partial charge in [0.05, 0.1) is 18.0 Å². The molecule has 1 aromatic heterocycles. The van der Waals surface area contributed by atoms with Crippen molar-refractivity contribution in [2.45, 2.75) is 32.0 Å². The van der Waals surface area contributed by atoms with E-state index in [9.17, 15) is 14.7 Å². The van der Waals surface area contributed by atoms with Gasteiger partial charge >= 0.3 is 0 Å². The van der Waals surface area contributed by atoms with E-state index in [1.807, 2.05) is 44.3 Å². The third kappa shape index (κ3) is 5.16. The van der Waals surface area contributed by atoms with Gasteiger partial charge in [-0.1, -0.05) is 30.3 Å². The molecule has 0 aliphatic carbocycles. The second-order valence-electron chi connectivity index (χ2n) is 8.31. The van der Waals surface area contributed by atoms with Gasteiger partial charge in [-0.2, -0.15) is 0 Å². The number of allylic oxidation sites excluding steroid dienone is 1. The Labute approximate surface area is 202 Å². The van der Waals surface area contributed by atoms with E-state index < -0.39 is 18.1 Å². The van der Waals surface area contributed by atoms with Crippen LogP contribution >= 0.6 is 0 Å². The number of carbonyl (C=O) groups excluding carboxylic acids is 1. The topological polar surface area (TPSA) is 115 Å². The lowest BCUT2D eigenvalue weighted by Crippen LogP contribution is -2.31. The Kier molecular flexibility index (Phi) is 7.38. The van der Waals surface area contributed by atoms with Gasteiger partial charge in [0.1, 0.15) is 5.75 Å². The second kappa shape index (κ2) is 10.6. The SMILES string of the molecule is Cc1c([C@@H]2C=C(C(=O)Nc3ccccc3O)O[C@H](OCCCO)C2)c(=O)n(-c2ccccc2)n1C. The van der Waals surface area contributed by atoms with Crippen molar-refractivity contribution >= 4 is 11.6 Å². The quantitative estimate of drug-likeness (QED) is 0.338. The molecule has 2 aromatic carbocycles. The average molecular weight is 480 g/mol. The number of rotatable bonds is 8. The fourth-order valence-corrected chi connectivity index (χ4v) is 4.18. The number of nitrogens with one attached hydrogen (secondary N) is 1. The van der Waals surface area contributed by atoms with E-state index >= 15 is 0 Å². The van der Waals surface area contributed by atoms with E-state index in [-0.39, 0.29) is 36.0 Å². The number of amides is 1. The molecule has 4 rings (SSSR count). The molecule has 9 heteroatoms. The summed E-state index contributed by atoms with van der Waals surface area (Å²) in [6.45, 7) is 2.07. The first-order valence-electron chi connectivity index (χ1n) is 11.4. The summed E-state index contributed by atoms with van der Waals surface area (Å²) in [6.07, 6.45) is 1.58. The average Bonchev–Trinajstić information content (AvgIpc) is 3.08. The molecule has 1 aliphatic heterocycles. The van der Waals surface area contributed by atoms with E-state index in [0.717, 1.165) is 11.4 Å². The van der Waals surface area contributed by atoms with Crippen molar-refractivity contribution in [3.8, 4) is 11.4 Å². The summed E-state index contributed by atoms with van der Waals surface area (Å²) in [5, 5.41) is 21.8. The monoisotopic (exact) mass is 479 g/mol. The molecular formula is C26H29N3O6. The van der Waals surface area contributed by atoms with Crippen LogP contribution in [0.1, 0.15) is 30.0 Å². The Morgan fingerprint density at radius 2 is 1.89 bits per heavy atom. The van der Waals surface area contributed by atoms with E-state index in [0.29, 0.717) is 18.4 Å². The van der Waals surface area contributed by atoms with E-state index in [4.69, 9.17) is 14.6 Å². The van der Waals surface area contributed by atoms with Crippen LogP contribution < -0.4 is 10.9 Å². The van der Waals surface area contributed by atoms with Crippen LogP contribution in [0.3, 0.4) is 0 Å². The molecule has 9 nitrogen and oxygen atoms in total. The van der Waals surface area contributed by atoms with Crippen LogP contribution in [-0.4, -0.2) is 45.0 Å².